The van der Waals surface area contributed by atoms with Gasteiger partial charge < -0.3 is 14.5 Å². The summed E-state index contributed by atoms with van der Waals surface area (Å²) in [6, 6.07) is 5.57. The van der Waals surface area contributed by atoms with Crippen LogP contribution in [-0.2, 0) is 4.74 Å². The van der Waals surface area contributed by atoms with Crippen LogP contribution in [0.5, 0.6) is 0 Å². The van der Waals surface area contributed by atoms with Crippen LogP contribution in [0.15, 0.2) is 27.4 Å². The highest BCUT2D eigenvalue weighted by molar-refractivity contribution is 5.76. The third-order valence-corrected chi connectivity index (χ3v) is 3.04. The van der Waals surface area contributed by atoms with Crippen molar-refractivity contribution in [3.05, 3.63) is 28.7 Å². The smallest absolute Gasteiger partial charge is 0.408 e. The third-order valence-electron chi connectivity index (χ3n) is 3.04. The number of fused-ring (bicyclic) bond motifs is 1. The first-order valence-electron chi connectivity index (χ1n) is 5.59. The summed E-state index contributed by atoms with van der Waals surface area (Å²) in [5.41, 5.74) is 2.50. The maximum Gasteiger partial charge on any atom is 0.417 e. The highest BCUT2D eigenvalue weighted by atomic mass is 16.5. The maximum absolute atomic E-state index is 11.0. The standard InChI is InChI=1S/C12H14N2O3/c1-12(6-16-7-12)5-13-8-2-3-10-9(4-8)14-11(15)17-10/h2-4,13H,5-7H2,1H3,(H,14,15). The zero-order valence-electron chi connectivity index (χ0n) is 9.58. The molecular weight excluding hydrogens is 220 g/mol. The van der Waals surface area contributed by atoms with Gasteiger partial charge in [-0.05, 0) is 18.2 Å². The van der Waals surface area contributed by atoms with Gasteiger partial charge in [-0.25, -0.2) is 4.79 Å². The van der Waals surface area contributed by atoms with E-state index in [1.165, 1.54) is 0 Å². The van der Waals surface area contributed by atoms with Crippen LogP contribution in [0.3, 0.4) is 0 Å². The average Bonchev–Trinajstić information content (AvgIpc) is 2.63. The Bertz CT molecular complexity index is 595. The highest BCUT2D eigenvalue weighted by Gasteiger charge is 2.32. The largest absolute Gasteiger partial charge is 0.417 e. The molecule has 90 valence electrons. The fourth-order valence-electron chi connectivity index (χ4n) is 1.93. The Kier molecular flexibility index (Phi) is 2.22. The molecule has 2 N–H and O–H groups in total. The molecule has 0 saturated carbocycles. The molecule has 3 rings (SSSR count). The molecule has 1 aliphatic heterocycles. The van der Waals surface area contributed by atoms with Crippen LogP contribution in [0.25, 0.3) is 11.1 Å². The van der Waals surface area contributed by atoms with E-state index in [2.05, 4.69) is 17.2 Å². The van der Waals surface area contributed by atoms with Crippen molar-refractivity contribution in [1.82, 2.24) is 4.98 Å². The fourth-order valence-corrected chi connectivity index (χ4v) is 1.93. The number of ether oxygens (including phenoxy) is 1. The van der Waals surface area contributed by atoms with Gasteiger partial charge in [-0.1, -0.05) is 6.92 Å². The fraction of sp³-hybridized carbons (Fsp3) is 0.417. The van der Waals surface area contributed by atoms with Crippen molar-refractivity contribution in [2.75, 3.05) is 25.1 Å². The lowest BCUT2D eigenvalue weighted by atomic mass is 9.89. The van der Waals surface area contributed by atoms with Gasteiger partial charge in [0.2, 0.25) is 0 Å². The van der Waals surface area contributed by atoms with E-state index in [4.69, 9.17) is 9.15 Å². The molecule has 0 radical (unpaired) electrons. The first-order valence-corrected chi connectivity index (χ1v) is 5.59. The van der Waals surface area contributed by atoms with E-state index in [9.17, 15) is 4.79 Å². The summed E-state index contributed by atoms with van der Waals surface area (Å²) < 4.78 is 10.1. The molecule has 1 fully saturated rings. The molecule has 5 nitrogen and oxygen atoms in total. The SMILES string of the molecule is CC1(CNc2ccc3oc(=O)[nH]c3c2)COC1. The average molecular weight is 234 g/mol. The number of aromatic nitrogens is 1. The molecule has 1 aliphatic rings. The first-order chi connectivity index (χ1) is 8.15. The summed E-state index contributed by atoms with van der Waals surface area (Å²) in [4.78, 5) is 13.7. The first kappa shape index (κ1) is 10.4. The number of hydrogen-bond donors (Lipinski definition) is 2. The van der Waals surface area contributed by atoms with Crippen LogP contribution >= 0.6 is 0 Å². The summed E-state index contributed by atoms with van der Waals surface area (Å²) in [5, 5.41) is 3.34. The number of hydrogen-bond acceptors (Lipinski definition) is 4. The van der Waals surface area contributed by atoms with Crippen LogP contribution < -0.4 is 11.1 Å². The van der Waals surface area contributed by atoms with Gasteiger partial charge in [0.1, 0.15) is 0 Å². The van der Waals surface area contributed by atoms with Crippen molar-refractivity contribution >= 4 is 16.8 Å². The summed E-state index contributed by atoms with van der Waals surface area (Å²) in [6.07, 6.45) is 0. The zero-order chi connectivity index (χ0) is 11.9. The van der Waals surface area contributed by atoms with E-state index in [0.29, 0.717) is 5.58 Å². The monoisotopic (exact) mass is 234 g/mol. The van der Waals surface area contributed by atoms with Crippen LogP contribution in [0.2, 0.25) is 0 Å². The van der Waals surface area contributed by atoms with Crippen molar-refractivity contribution < 1.29 is 9.15 Å². The van der Waals surface area contributed by atoms with Crippen molar-refractivity contribution in [3.63, 3.8) is 0 Å². The molecule has 0 bridgehead atoms. The van der Waals surface area contributed by atoms with E-state index in [-0.39, 0.29) is 5.41 Å². The molecule has 0 amide bonds. The van der Waals surface area contributed by atoms with Crippen LogP contribution in [0.4, 0.5) is 5.69 Å². The molecule has 5 heteroatoms. The Hall–Kier alpha value is -1.75. The lowest BCUT2D eigenvalue weighted by Gasteiger charge is -2.38. The minimum absolute atomic E-state index is 0.221. The number of H-pyrrole nitrogens is 1. The predicted molar refractivity (Wildman–Crippen MR) is 64.3 cm³/mol. The highest BCUT2D eigenvalue weighted by Crippen LogP contribution is 2.27. The van der Waals surface area contributed by atoms with E-state index < -0.39 is 5.76 Å². The molecule has 0 atom stereocenters. The maximum atomic E-state index is 11.0. The molecule has 1 aromatic carbocycles. The quantitative estimate of drug-likeness (QED) is 0.846. The number of benzene rings is 1. The number of oxazole rings is 1. The molecule has 0 unspecified atom stereocenters. The molecule has 17 heavy (non-hydrogen) atoms. The van der Waals surface area contributed by atoms with E-state index in [1.807, 2.05) is 12.1 Å². The minimum atomic E-state index is -0.420. The van der Waals surface area contributed by atoms with Crippen molar-refractivity contribution in [1.29, 1.82) is 0 Å². The summed E-state index contributed by atoms with van der Waals surface area (Å²) >= 11 is 0. The topological polar surface area (TPSA) is 67.3 Å². The van der Waals surface area contributed by atoms with Gasteiger partial charge in [0.25, 0.3) is 0 Å². The Balaban J connectivity index is 1.78. The van der Waals surface area contributed by atoms with Gasteiger partial charge in [0.05, 0.1) is 18.7 Å². The Labute approximate surface area is 97.8 Å². The predicted octanol–water partition coefficient (Wildman–Crippen LogP) is 1.57. The second-order valence-corrected chi connectivity index (χ2v) is 4.88. The van der Waals surface area contributed by atoms with Crippen LogP contribution in [0, 0.1) is 5.41 Å². The lowest BCUT2D eigenvalue weighted by Crippen LogP contribution is -2.45. The minimum Gasteiger partial charge on any atom is -0.408 e. The van der Waals surface area contributed by atoms with Crippen molar-refractivity contribution in [3.8, 4) is 0 Å². The van der Waals surface area contributed by atoms with E-state index >= 15 is 0 Å². The summed E-state index contributed by atoms with van der Waals surface area (Å²) in [7, 11) is 0. The van der Waals surface area contributed by atoms with Crippen molar-refractivity contribution in [2.24, 2.45) is 5.41 Å². The Morgan fingerprint density at radius 2 is 2.29 bits per heavy atom. The second-order valence-electron chi connectivity index (χ2n) is 4.88. The molecule has 2 aromatic rings. The number of anilines is 1. The summed E-state index contributed by atoms with van der Waals surface area (Å²) in [6.45, 7) is 4.64. The van der Waals surface area contributed by atoms with E-state index in [0.717, 1.165) is 31.0 Å². The normalized spacial score (nSPS) is 17.9. The molecule has 2 heterocycles. The number of rotatable bonds is 3. The van der Waals surface area contributed by atoms with Crippen LogP contribution in [-0.4, -0.2) is 24.7 Å². The van der Waals surface area contributed by atoms with Gasteiger partial charge in [-0.2, -0.15) is 0 Å². The van der Waals surface area contributed by atoms with Gasteiger partial charge >= 0.3 is 5.76 Å². The number of aromatic amines is 1. The number of nitrogens with one attached hydrogen (secondary N) is 2. The molecular formula is C12H14N2O3. The molecule has 1 aromatic heterocycles. The Morgan fingerprint density at radius 1 is 1.47 bits per heavy atom. The van der Waals surface area contributed by atoms with Gasteiger partial charge in [-0.15, -0.1) is 0 Å². The Morgan fingerprint density at radius 3 is 3.00 bits per heavy atom. The molecule has 1 saturated heterocycles. The van der Waals surface area contributed by atoms with Gasteiger partial charge in [-0.3, -0.25) is 4.98 Å². The van der Waals surface area contributed by atoms with Crippen LogP contribution in [0.1, 0.15) is 6.92 Å². The third kappa shape index (κ3) is 1.93. The van der Waals surface area contributed by atoms with Gasteiger partial charge in [0.15, 0.2) is 5.58 Å². The van der Waals surface area contributed by atoms with E-state index in [1.54, 1.807) is 6.07 Å². The van der Waals surface area contributed by atoms with Crippen molar-refractivity contribution in [2.45, 2.75) is 6.92 Å². The second kappa shape index (κ2) is 3.63. The lowest BCUT2D eigenvalue weighted by molar-refractivity contribution is -0.0924. The summed E-state index contributed by atoms with van der Waals surface area (Å²) in [5.74, 6) is -0.420. The zero-order valence-corrected chi connectivity index (χ0v) is 9.58. The molecule has 0 spiro atoms. The van der Waals surface area contributed by atoms with Gasteiger partial charge in [0, 0.05) is 17.6 Å². The molecule has 0 aliphatic carbocycles.